The van der Waals surface area contributed by atoms with E-state index in [4.69, 9.17) is 10.8 Å². The first-order chi connectivity index (χ1) is 8.40. The van der Waals surface area contributed by atoms with Gasteiger partial charge in [0.05, 0.1) is 5.56 Å². The number of carboxylic acid groups (broad SMARTS) is 1. The van der Waals surface area contributed by atoms with Crippen LogP contribution >= 0.6 is 0 Å². The zero-order valence-corrected chi connectivity index (χ0v) is 9.16. The summed E-state index contributed by atoms with van der Waals surface area (Å²) in [5.41, 5.74) is 4.22. The van der Waals surface area contributed by atoms with Crippen molar-refractivity contribution in [2.75, 3.05) is 13.1 Å². The second-order valence-corrected chi connectivity index (χ2v) is 3.36. The van der Waals surface area contributed by atoms with Gasteiger partial charge in [-0.3, -0.25) is 14.4 Å². The molecule has 3 N–H and O–H groups in total. The van der Waals surface area contributed by atoms with E-state index in [-0.39, 0.29) is 5.56 Å². The summed E-state index contributed by atoms with van der Waals surface area (Å²) in [6.45, 7) is -1.22. The van der Waals surface area contributed by atoms with Crippen LogP contribution in [-0.2, 0) is 9.59 Å². The molecular weight excluding hydrogens is 244 g/mol. The molecule has 8 nitrogen and oxygen atoms in total. The molecule has 1 rings (SSSR count). The number of rotatable bonds is 5. The van der Waals surface area contributed by atoms with Crippen molar-refractivity contribution in [2.45, 2.75) is 0 Å². The molecule has 0 aliphatic rings. The van der Waals surface area contributed by atoms with Crippen LogP contribution in [0.25, 0.3) is 0 Å². The Morgan fingerprint density at radius 2 is 1.94 bits per heavy atom. The van der Waals surface area contributed by atoms with Gasteiger partial charge in [0.15, 0.2) is 0 Å². The number of primary amides is 1. The molecule has 1 aromatic heterocycles. The Morgan fingerprint density at radius 1 is 1.28 bits per heavy atom. The third kappa shape index (κ3) is 3.74. The van der Waals surface area contributed by atoms with Crippen LogP contribution in [0, 0.1) is 0 Å². The maximum absolute atomic E-state index is 11.8. The van der Waals surface area contributed by atoms with Gasteiger partial charge in [-0.25, -0.2) is 4.79 Å². The summed E-state index contributed by atoms with van der Waals surface area (Å²) in [7, 11) is 0. The molecule has 18 heavy (non-hydrogen) atoms. The standard InChI is InChI=1S/C10H10N2O6/c11-7(13)3-12(4-8(14)15)10(17)6-1-2-9(16)18-5-6/h1-2,5H,3-4H2,(H2,11,13)(H,14,15). The average molecular weight is 254 g/mol. The van der Waals surface area contributed by atoms with Crippen LogP contribution in [0.4, 0.5) is 0 Å². The van der Waals surface area contributed by atoms with Crippen molar-refractivity contribution in [1.29, 1.82) is 0 Å². The van der Waals surface area contributed by atoms with Crippen LogP contribution in [0.3, 0.4) is 0 Å². The molecule has 1 aromatic rings. The van der Waals surface area contributed by atoms with Crippen molar-refractivity contribution in [2.24, 2.45) is 5.73 Å². The Bertz CT molecular complexity index is 499. The fraction of sp³-hybridized carbons (Fsp3) is 0.200. The molecule has 0 aliphatic heterocycles. The van der Waals surface area contributed by atoms with Gasteiger partial charge in [0.2, 0.25) is 5.91 Å². The largest absolute Gasteiger partial charge is 0.480 e. The van der Waals surface area contributed by atoms with Crippen LogP contribution < -0.4 is 11.4 Å². The Kier molecular flexibility index (Phi) is 4.19. The molecule has 0 unspecified atom stereocenters. The number of amides is 2. The molecule has 0 spiro atoms. The van der Waals surface area contributed by atoms with E-state index in [9.17, 15) is 19.2 Å². The monoisotopic (exact) mass is 254 g/mol. The summed E-state index contributed by atoms with van der Waals surface area (Å²) in [5.74, 6) is -2.90. The molecule has 0 aromatic carbocycles. The average Bonchev–Trinajstić information content (AvgIpc) is 2.27. The van der Waals surface area contributed by atoms with Crippen molar-refractivity contribution < 1.29 is 23.9 Å². The topological polar surface area (TPSA) is 131 Å². The first-order valence-electron chi connectivity index (χ1n) is 4.78. The van der Waals surface area contributed by atoms with E-state index in [1.807, 2.05) is 0 Å². The van der Waals surface area contributed by atoms with Crippen LogP contribution in [0.1, 0.15) is 10.4 Å². The minimum Gasteiger partial charge on any atom is -0.480 e. The fourth-order valence-corrected chi connectivity index (χ4v) is 1.21. The molecule has 0 bridgehead atoms. The molecule has 0 saturated heterocycles. The summed E-state index contributed by atoms with van der Waals surface area (Å²) in [5, 5.41) is 8.62. The predicted octanol–water partition coefficient (Wildman–Crippen LogP) is -1.35. The van der Waals surface area contributed by atoms with Gasteiger partial charge in [0, 0.05) is 6.07 Å². The first kappa shape index (κ1) is 13.4. The van der Waals surface area contributed by atoms with Gasteiger partial charge in [-0.15, -0.1) is 0 Å². The smallest absolute Gasteiger partial charge is 0.335 e. The van der Waals surface area contributed by atoms with E-state index < -0.39 is 36.5 Å². The van der Waals surface area contributed by atoms with Gasteiger partial charge < -0.3 is 20.2 Å². The van der Waals surface area contributed by atoms with E-state index in [2.05, 4.69) is 4.42 Å². The minimum absolute atomic E-state index is 0.0444. The number of carboxylic acids is 1. The normalized spacial score (nSPS) is 9.78. The minimum atomic E-state index is -1.29. The Morgan fingerprint density at radius 3 is 2.39 bits per heavy atom. The zero-order valence-electron chi connectivity index (χ0n) is 9.16. The molecule has 96 valence electrons. The molecule has 0 aliphatic carbocycles. The highest BCUT2D eigenvalue weighted by molar-refractivity contribution is 5.97. The lowest BCUT2D eigenvalue weighted by molar-refractivity contribution is -0.138. The number of carbonyl (C=O) groups is 3. The Balaban J connectivity index is 2.93. The summed E-state index contributed by atoms with van der Waals surface area (Å²) >= 11 is 0. The lowest BCUT2D eigenvalue weighted by Crippen LogP contribution is -2.41. The molecule has 0 fully saturated rings. The van der Waals surface area contributed by atoms with Gasteiger partial charge in [0.1, 0.15) is 19.4 Å². The van der Waals surface area contributed by atoms with E-state index in [1.54, 1.807) is 0 Å². The first-order valence-corrected chi connectivity index (χ1v) is 4.78. The molecule has 0 saturated carbocycles. The summed E-state index contributed by atoms with van der Waals surface area (Å²) < 4.78 is 4.47. The number of nitrogens with two attached hydrogens (primary N) is 1. The van der Waals surface area contributed by atoms with Gasteiger partial charge in [0.25, 0.3) is 5.91 Å². The molecule has 0 atom stereocenters. The number of hydrogen-bond donors (Lipinski definition) is 2. The van der Waals surface area contributed by atoms with E-state index in [0.717, 1.165) is 17.2 Å². The summed E-state index contributed by atoms with van der Waals surface area (Å²) in [6, 6.07) is 2.18. The van der Waals surface area contributed by atoms with Gasteiger partial charge in [-0.2, -0.15) is 0 Å². The Hall–Kier alpha value is -2.64. The molecule has 2 amide bonds. The predicted molar refractivity (Wildman–Crippen MR) is 57.7 cm³/mol. The fourth-order valence-electron chi connectivity index (χ4n) is 1.21. The van der Waals surface area contributed by atoms with Crippen LogP contribution in [-0.4, -0.2) is 40.9 Å². The third-order valence-electron chi connectivity index (χ3n) is 1.91. The van der Waals surface area contributed by atoms with Crippen LogP contribution in [0.5, 0.6) is 0 Å². The lowest BCUT2D eigenvalue weighted by atomic mass is 10.2. The van der Waals surface area contributed by atoms with E-state index in [1.165, 1.54) is 6.07 Å². The second-order valence-electron chi connectivity index (χ2n) is 3.36. The van der Waals surface area contributed by atoms with E-state index in [0.29, 0.717) is 0 Å². The van der Waals surface area contributed by atoms with Gasteiger partial charge in [-0.1, -0.05) is 0 Å². The quantitative estimate of drug-likeness (QED) is 0.668. The maximum Gasteiger partial charge on any atom is 0.335 e. The number of aliphatic carboxylic acids is 1. The number of carbonyl (C=O) groups excluding carboxylic acids is 2. The number of hydrogen-bond acceptors (Lipinski definition) is 5. The highest BCUT2D eigenvalue weighted by atomic mass is 16.4. The highest BCUT2D eigenvalue weighted by Gasteiger charge is 2.20. The number of nitrogens with zero attached hydrogens (tertiary/aromatic N) is 1. The molecule has 8 heteroatoms. The maximum atomic E-state index is 11.8. The van der Waals surface area contributed by atoms with Crippen molar-refractivity contribution in [3.63, 3.8) is 0 Å². The summed E-state index contributed by atoms with van der Waals surface area (Å²) in [4.78, 5) is 44.6. The Labute approximate surface area is 101 Å². The van der Waals surface area contributed by atoms with Crippen molar-refractivity contribution in [3.05, 3.63) is 34.4 Å². The molecular formula is C10H10N2O6. The van der Waals surface area contributed by atoms with Gasteiger partial charge >= 0.3 is 11.6 Å². The van der Waals surface area contributed by atoms with Gasteiger partial charge in [-0.05, 0) is 6.07 Å². The van der Waals surface area contributed by atoms with Crippen molar-refractivity contribution in [1.82, 2.24) is 4.90 Å². The van der Waals surface area contributed by atoms with Crippen LogP contribution in [0.15, 0.2) is 27.6 Å². The lowest BCUT2D eigenvalue weighted by Gasteiger charge is -2.18. The third-order valence-corrected chi connectivity index (χ3v) is 1.91. The molecule has 0 radical (unpaired) electrons. The van der Waals surface area contributed by atoms with Crippen molar-refractivity contribution in [3.8, 4) is 0 Å². The summed E-state index contributed by atoms with van der Waals surface area (Å²) in [6.07, 6.45) is 0.889. The van der Waals surface area contributed by atoms with E-state index >= 15 is 0 Å². The zero-order chi connectivity index (χ0) is 13.7. The molecule has 1 heterocycles. The van der Waals surface area contributed by atoms with Crippen molar-refractivity contribution >= 4 is 17.8 Å². The SMILES string of the molecule is NC(=O)CN(CC(=O)O)C(=O)c1ccc(=O)oc1. The van der Waals surface area contributed by atoms with Crippen LogP contribution in [0.2, 0.25) is 0 Å². The highest BCUT2D eigenvalue weighted by Crippen LogP contribution is 2.02. The second kappa shape index (κ2) is 5.62.